The zero-order chi connectivity index (χ0) is 32.6. The van der Waals surface area contributed by atoms with Gasteiger partial charge in [0.25, 0.3) is 0 Å². The van der Waals surface area contributed by atoms with Crippen molar-refractivity contribution in [2.45, 2.75) is 51.4 Å². The fourth-order valence-electron chi connectivity index (χ4n) is 5.30. The van der Waals surface area contributed by atoms with Crippen LogP contribution in [0.15, 0.2) is 83.4 Å². The molecule has 0 spiro atoms. The van der Waals surface area contributed by atoms with Crippen molar-refractivity contribution < 1.29 is 27.4 Å². The number of amides is 2. The molecule has 2 amide bonds. The van der Waals surface area contributed by atoms with Gasteiger partial charge < -0.3 is 14.8 Å². The monoisotopic (exact) mass is 648 g/mol. The summed E-state index contributed by atoms with van der Waals surface area (Å²) in [7, 11) is 1.63. The van der Waals surface area contributed by atoms with Crippen LogP contribution in [0.4, 0.5) is 18.0 Å². The third-order valence-corrected chi connectivity index (χ3v) is 8.64. The van der Waals surface area contributed by atoms with Gasteiger partial charge in [-0.15, -0.1) is 29.6 Å². The highest BCUT2D eigenvalue weighted by atomic mass is 32.1. The van der Waals surface area contributed by atoms with E-state index in [-0.39, 0.29) is 29.7 Å². The minimum absolute atomic E-state index is 0.0266. The second kappa shape index (κ2) is 12.5. The maximum absolute atomic E-state index is 13.0. The third kappa shape index (κ3) is 6.84. The second-order valence-electron chi connectivity index (χ2n) is 11.3. The number of ether oxygens (including phenoxy) is 2. The van der Waals surface area contributed by atoms with Gasteiger partial charge in [0.1, 0.15) is 17.8 Å². The van der Waals surface area contributed by atoms with Crippen molar-refractivity contribution >= 4 is 17.4 Å². The quantitative estimate of drug-likeness (QED) is 0.191. The highest BCUT2D eigenvalue weighted by Gasteiger charge is 2.39. The molecule has 0 radical (unpaired) electrons. The maximum atomic E-state index is 13.0. The van der Waals surface area contributed by atoms with Crippen LogP contribution in [0.2, 0.25) is 0 Å². The fourth-order valence-corrected chi connectivity index (χ4v) is 6.16. The fraction of sp³-hybridized carbons (Fsp3) is 0.273. The molecule has 1 fully saturated rings. The number of aryl methyl sites for hydroxylation is 1. The summed E-state index contributed by atoms with van der Waals surface area (Å²) < 4.78 is 50.2. The molecule has 5 aromatic rings. The number of aromatic nitrogens is 4. The Hall–Kier alpha value is -4.91. The number of rotatable bonds is 8. The first-order valence-electron chi connectivity index (χ1n) is 14.6. The van der Waals surface area contributed by atoms with Crippen molar-refractivity contribution in [3.05, 3.63) is 100 Å². The number of halogens is 3. The third-order valence-electron chi connectivity index (χ3n) is 7.70. The van der Waals surface area contributed by atoms with Crippen LogP contribution in [-0.2, 0) is 0 Å². The molecule has 6 rings (SSSR count). The molecule has 238 valence electrons. The van der Waals surface area contributed by atoms with Crippen molar-refractivity contribution in [1.29, 1.82) is 0 Å². The van der Waals surface area contributed by atoms with E-state index in [2.05, 4.69) is 39.0 Å². The molecule has 2 atom stereocenters. The number of nitrogens with zero attached hydrogens (tertiary/aromatic N) is 5. The lowest BCUT2D eigenvalue weighted by Gasteiger charge is -2.16. The number of carbonyl (C=O) groups is 1. The molecule has 0 aliphatic heterocycles. The maximum Gasteiger partial charge on any atom is 0.573 e. The lowest BCUT2D eigenvalue weighted by molar-refractivity contribution is -0.274. The van der Waals surface area contributed by atoms with E-state index in [1.807, 2.05) is 59.3 Å². The average molecular weight is 649 g/mol. The van der Waals surface area contributed by atoms with Gasteiger partial charge >= 0.3 is 12.4 Å². The summed E-state index contributed by atoms with van der Waals surface area (Å²) in [5, 5.41) is 9.49. The summed E-state index contributed by atoms with van der Waals surface area (Å²) in [6.07, 6.45) is -2.45. The van der Waals surface area contributed by atoms with E-state index in [4.69, 9.17) is 4.74 Å². The van der Waals surface area contributed by atoms with Crippen molar-refractivity contribution in [3.8, 4) is 34.3 Å². The zero-order valence-corrected chi connectivity index (χ0v) is 26.3. The van der Waals surface area contributed by atoms with Crippen LogP contribution in [0.5, 0.6) is 11.5 Å². The van der Waals surface area contributed by atoms with Crippen LogP contribution < -0.4 is 19.6 Å². The molecule has 1 aliphatic carbocycles. The molecular weight excluding hydrogens is 617 g/mol. The largest absolute Gasteiger partial charge is 0.573 e. The Labute approximate surface area is 267 Å². The van der Waals surface area contributed by atoms with Gasteiger partial charge in [0, 0.05) is 34.7 Å². The van der Waals surface area contributed by atoms with Crippen LogP contribution >= 0.6 is 11.3 Å². The summed E-state index contributed by atoms with van der Waals surface area (Å²) >= 11 is 1.41. The van der Waals surface area contributed by atoms with Crippen LogP contribution in [-0.4, -0.2) is 44.9 Å². The molecule has 2 aromatic heterocycles. The van der Waals surface area contributed by atoms with Crippen molar-refractivity contribution in [3.63, 3.8) is 0 Å². The van der Waals surface area contributed by atoms with Gasteiger partial charge in [-0.2, -0.15) is 4.99 Å². The number of nitrogens with one attached hydrogen (secondary N) is 1. The first kappa shape index (κ1) is 31.1. The summed E-state index contributed by atoms with van der Waals surface area (Å²) in [5.41, 5.74) is 5.45. The van der Waals surface area contributed by atoms with E-state index >= 15 is 0 Å². The standard InChI is InChI=1S/C33H31F3N6O3S/c1-19(2)26-14-13-25(44-4)15-29(26)42-20(3)17-46-32(42)39-31(43)38-28-16-27(28)21-5-7-22(8-6-21)30-37-18-41(40-30)23-9-11-24(12-10-23)45-33(34,35)36/h5-15,17-19,27-28H,16H2,1-4H3,(H,38,43)/b39-32-. The Bertz CT molecular complexity index is 1930. The predicted octanol–water partition coefficient (Wildman–Crippen LogP) is 7.29. The first-order chi connectivity index (χ1) is 22.0. The van der Waals surface area contributed by atoms with Crippen LogP contribution in [0.25, 0.3) is 22.8 Å². The summed E-state index contributed by atoms with van der Waals surface area (Å²) in [6.45, 7) is 6.25. The summed E-state index contributed by atoms with van der Waals surface area (Å²) in [4.78, 5) is 22.4. The predicted molar refractivity (Wildman–Crippen MR) is 168 cm³/mol. The van der Waals surface area contributed by atoms with Crippen LogP contribution in [0, 0.1) is 6.92 Å². The van der Waals surface area contributed by atoms with E-state index < -0.39 is 6.36 Å². The molecule has 2 unspecified atom stereocenters. The van der Waals surface area contributed by atoms with Crippen molar-refractivity contribution in [2.75, 3.05) is 7.11 Å². The van der Waals surface area contributed by atoms with Gasteiger partial charge in [-0.25, -0.2) is 14.5 Å². The number of urea groups is 1. The molecule has 46 heavy (non-hydrogen) atoms. The highest BCUT2D eigenvalue weighted by molar-refractivity contribution is 7.07. The van der Waals surface area contributed by atoms with E-state index in [9.17, 15) is 18.0 Å². The molecule has 0 saturated heterocycles. The van der Waals surface area contributed by atoms with Gasteiger partial charge in [0.2, 0.25) is 0 Å². The molecule has 1 N–H and O–H groups in total. The molecular formula is C33H31F3N6O3S. The number of benzene rings is 3. The number of hydrogen-bond donors (Lipinski definition) is 1. The Morgan fingerprint density at radius 1 is 1.07 bits per heavy atom. The minimum atomic E-state index is -4.75. The van der Waals surface area contributed by atoms with Crippen LogP contribution in [0.3, 0.4) is 0 Å². The number of hydrogen-bond acceptors (Lipinski definition) is 6. The molecule has 0 bridgehead atoms. The molecule has 9 nitrogen and oxygen atoms in total. The summed E-state index contributed by atoms with van der Waals surface area (Å²) in [5.74, 6) is 1.32. The van der Waals surface area contributed by atoms with E-state index in [1.165, 1.54) is 46.6 Å². The van der Waals surface area contributed by atoms with Crippen molar-refractivity contribution in [1.82, 2.24) is 24.6 Å². The Kier molecular flexibility index (Phi) is 8.43. The lowest BCUT2D eigenvalue weighted by atomic mass is 10.0. The van der Waals surface area contributed by atoms with Crippen LogP contribution in [0.1, 0.15) is 48.9 Å². The van der Waals surface area contributed by atoms with Gasteiger partial charge in [0.15, 0.2) is 10.6 Å². The van der Waals surface area contributed by atoms with Gasteiger partial charge in [-0.1, -0.05) is 44.2 Å². The second-order valence-corrected chi connectivity index (χ2v) is 12.1. The number of methoxy groups -OCH3 is 1. The Morgan fingerprint density at radius 3 is 2.46 bits per heavy atom. The van der Waals surface area contributed by atoms with E-state index in [0.717, 1.165) is 40.2 Å². The molecule has 2 heterocycles. The smallest absolute Gasteiger partial charge is 0.497 e. The highest BCUT2D eigenvalue weighted by Crippen LogP contribution is 2.41. The minimum Gasteiger partial charge on any atom is -0.497 e. The summed E-state index contributed by atoms with van der Waals surface area (Å²) in [6, 6.07) is 18.7. The van der Waals surface area contributed by atoms with Gasteiger partial charge in [0.05, 0.1) is 18.5 Å². The van der Waals surface area contributed by atoms with Gasteiger partial charge in [-0.3, -0.25) is 4.57 Å². The van der Waals surface area contributed by atoms with Crippen molar-refractivity contribution in [2.24, 2.45) is 4.99 Å². The van der Waals surface area contributed by atoms with Gasteiger partial charge in [-0.05, 0) is 60.7 Å². The normalized spacial score (nSPS) is 16.5. The number of thiazole rings is 1. The number of alkyl halides is 3. The molecule has 3 aromatic carbocycles. The molecule has 13 heteroatoms. The van der Waals surface area contributed by atoms with E-state index in [0.29, 0.717) is 16.3 Å². The topological polar surface area (TPSA) is 95.6 Å². The zero-order valence-electron chi connectivity index (χ0n) is 25.4. The number of carbonyl (C=O) groups excluding carboxylic acids is 1. The Morgan fingerprint density at radius 2 is 1.78 bits per heavy atom. The molecule has 1 saturated carbocycles. The lowest BCUT2D eigenvalue weighted by Crippen LogP contribution is -2.27. The van der Waals surface area contributed by atoms with E-state index in [1.54, 1.807) is 7.11 Å². The first-order valence-corrected chi connectivity index (χ1v) is 15.5. The molecule has 1 aliphatic rings. The Balaban J connectivity index is 1.11. The average Bonchev–Trinajstić information content (AvgIpc) is 3.42. The SMILES string of the molecule is COc1ccc(C(C)C)c(-n2c(C)cs/c2=N\C(=O)NC2CC2c2ccc(-c3ncn(-c4ccc(OC(F)(F)F)cc4)n3)cc2)c1.